The molecule has 4 nitrogen and oxygen atoms in total. The topological polar surface area (TPSA) is 46.8 Å². The van der Waals surface area contributed by atoms with Gasteiger partial charge in [-0.15, -0.1) is 0 Å². The first-order chi connectivity index (χ1) is 23.2. The zero-order valence-corrected chi connectivity index (χ0v) is 25.4. The number of furan rings is 1. The Morgan fingerprint density at radius 3 is 1.83 bits per heavy atom. The number of aromatic nitrogens is 2. The van der Waals surface area contributed by atoms with Crippen molar-refractivity contribution in [2.45, 2.75) is 12.5 Å². The summed E-state index contributed by atoms with van der Waals surface area (Å²) in [5, 5.41) is 16.2. The van der Waals surface area contributed by atoms with Crippen LogP contribution in [-0.2, 0) is 6.42 Å². The first-order valence-corrected chi connectivity index (χ1v) is 16.0. The van der Waals surface area contributed by atoms with Crippen LogP contribution in [0.3, 0.4) is 0 Å². The lowest BCUT2D eigenvalue weighted by Crippen LogP contribution is -2.12. The average molecular weight is 602 g/mol. The molecule has 47 heavy (non-hydrogen) atoms. The number of fused-ring (bicyclic) bond motifs is 9. The van der Waals surface area contributed by atoms with Gasteiger partial charge in [-0.2, -0.15) is 5.26 Å². The Kier molecular flexibility index (Phi) is 5.44. The minimum Gasteiger partial charge on any atom is -0.456 e. The SMILES string of the molecule is N#Cc1cc(-c2ccc3oc4c(c3c2)CC(n2c3ccccc3c3ccccc32)C=C4)cc(-n2c3ccccc3c3ccccc32)c1. The van der Waals surface area contributed by atoms with Crippen LogP contribution in [-0.4, -0.2) is 9.13 Å². The smallest absolute Gasteiger partial charge is 0.135 e. The fourth-order valence-electron chi connectivity index (χ4n) is 7.83. The van der Waals surface area contributed by atoms with Gasteiger partial charge < -0.3 is 13.6 Å². The van der Waals surface area contributed by atoms with Crippen LogP contribution in [0.25, 0.3) is 77.5 Å². The van der Waals surface area contributed by atoms with Crippen molar-refractivity contribution >= 4 is 60.7 Å². The molecule has 0 saturated heterocycles. The highest BCUT2D eigenvalue weighted by Crippen LogP contribution is 2.41. The quantitative estimate of drug-likeness (QED) is 0.202. The molecule has 0 saturated carbocycles. The molecule has 0 spiro atoms. The first-order valence-electron chi connectivity index (χ1n) is 16.0. The summed E-state index contributed by atoms with van der Waals surface area (Å²) in [5.41, 5.74) is 10.5. The molecule has 0 amide bonds. The lowest BCUT2D eigenvalue weighted by molar-refractivity contribution is 0.572. The highest BCUT2D eigenvalue weighted by atomic mass is 16.3. The van der Waals surface area contributed by atoms with Crippen LogP contribution in [0.4, 0.5) is 0 Å². The van der Waals surface area contributed by atoms with E-state index < -0.39 is 0 Å². The van der Waals surface area contributed by atoms with E-state index >= 15 is 0 Å². The highest BCUT2D eigenvalue weighted by molar-refractivity contribution is 6.10. The molecular formula is C43H27N3O. The van der Waals surface area contributed by atoms with Crippen molar-refractivity contribution in [1.29, 1.82) is 5.26 Å². The second-order valence-corrected chi connectivity index (χ2v) is 12.4. The molecule has 1 aliphatic rings. The standard InChI is InChI=1S/C43H27N3O/c44-26-27-21-29(23-31(22-27)46-40-15-7-3-11-34(40)35-12-4-8-16-41(35)46)28-17-19-42-36(24-28)37-25-30(18-20-43(37)47-42)45-38-13-5-1-9-32(38)33-10-2-6-14-39(33)45/h1-24,30H,25H2. The summed E-state index contributed by atoms with van der Waals surface area (Å²) >= 11 is 0. The van der Waals surface area contributed by atoms with Gasteiger partial charge in [-0.25, -0.2) is 0 Å². The van der Waals surface area contributed by atoms with Crippen molar-refractivity contribution in [3.05, 3.63) is 156 Å². The largest absolute Gasteiger partial charge is 0.456 e. The van der Waals surface area contributed by atoms with Gasteiger partial charge in [0.2, 0.25) is 0 Å². The van der Waals surface area contributed by atoms with Crippen molar-refractivity contribution in [3.63, 3.8) is 0 Å². The summed E-state index contributed by atoms with van der Waals surface area (Å²) in [5.74, 6) is 0.922. The maximum Gasteiger partial charge on any atom is 0.135 e. The van der Waals surface area contributed by atoms with Crippen LogP contribution in [0.1, 0.15) is 22.9 Å². The van der Waals surface area contributed by atoms with Gasteiger partial charge in [0.05, 0.1) is 28.7 Å². The van der Waals surface area contributed by atoms with Gasteiger partial charge >= 0.3 is 0 Å². The fourth-order valence-corrected chi connectivity index (χ4v) is 7.83. The second-order valence-electron chi connectivity index (χ2n) is 12.4. The molecule has 220 valence electrons. The van der Waals surface area contributed by atoms with E-state index in [1.165, 1.54) is 38.1 Å². The summed E-state index contributed by atoms with van der Waals surface area (Å²) in [6.45, 7) is 0. The summed E-state index contributed by atoms with van der Waals surface area (Å²) in [7, 11) is 0. The fraction of sp³-hybridized carbons (Fsp3) is 0.0465. The number of rotatable bonds is 3. The number of hydrogen-bond donors (Lipinski definition) is 0. The molecule has 9 aromatic rings. The Morgan fingerprint density at radius 2 is 1.19 bits per heavy atom. The molecule has 0 fully saturated rings. The molecule has 0 aliphatic heterocycles. The lowest BCUT2D eigenvalue weighted by atomic mass is 9.94. The third kappa shape index (κ3) is 3.81. The van der Waals surface area contributed by atoms with Crippen LogP contribution < -0.4 is 0 Å². The Hall–Kier alpha value is -6.31. The molecule has 3 heterocycles. The van der Waals surface area contributed by atoms with Crippen molar-refractivity contribution in [3.8, 4) is 22.9 Å². The van der Waals surface area contributed by atoms with E-state index in [0.29, 0.717) is 5.56 Å². The van der Waals surface area contributed by atoms with Crippen LogP contribution in [0, 0.1) is 11.3 Å². The number of nitrogens with zero attached hydrogens (tertiary/aromatic N) is 3. The zero-order chi connectivity index (χ0) is 31.1. The summed E-state index contributed by atoms with van der Waals surface area (Å²) < 4.78 is 11.1. The molecule has 10 rings (SSSR count). The van der Waals surface area contributed by atoms with Crippen LogP contribution in [0.15, 0.2) is 144 Å². The van der Waals surface area contributed by atoms with Crippen LogP contribution in [0.2, 0.25) is 0 Å². The molecule has 0 N–H and O–H groups in total. The Morgan fingerprint density at radius 1 is 0.596 bits per heavy atom. The molecule has 6 aromatic carbocycles. The predicted molar refractivity (Wildman–Crippen MR) is 192 cm³/mol. The number of para-hydroxylation sites is 4. The first kappa shape index (κ1) is 26.0. The van der Waals surface area contributed by atoms with Gasteiger partial charge in [-0.3, -0.25) is 0 Å². The van der Waals surface area contributed by atoms with Gasteiger partial charge in [0.25, 0.3) is 0 Å². The molecule has 1 unspecified atom stereocenters. The second kappa shape index (κ2) is 9.84. The molecule has 1 aliphatic carbocycles. The minimum atomic E-state index is 0.153. The Balaban J connectivity index is 1.12. The van der Waals surface area contributed by atoms with Crippen molar-refractivity contribution in [2.75, 3.05) is 0 Å². The van der Waals surface area contributed by atoms with Gasteiger partial charge in [0.1, 0.15) is 11.3 Å². The van der Waals surface area contributed by atoms with E-state index in [0.717, 1.165) is 51.0 Å². The molecule has 3 aromatic heterocycles. The number of allylic oxidation sites excluding steroid dienone is 1. The maximum atomic E-state index is 10.1. The van der Waals surface area contributed by atoms with E-state index in [1.54, 1.807) is 0 Å². The van der Waals surface area contributed by atoms with Gasteiger partial charge in [-0.1, -0.05) is 84.9 Å². The Bertz CT molecular complexity index is 2690. The maximum absolute atomic E-state index is 10.1. The van der Waals surface area contributed by atoms with Crippen LogP contribution >= 0.6 is 0 Å². The van der Waals surface area contributed by atoms with Gasteiger partial charge in [0.15, 0.2) is 0 Å². The summed E-state index contributed by atoms with van der Waals surface area (Å²) in [6.07, 6.45) is 5.25. The summed E-state index contributed by atoms with van der Waals surface area (Å²) in [6, 6.07) is 49.5. The monoisotopic (exact) mass is 601 g/mol. The average Bonchev–Trinajstić information content (AvgIpc) is 3.78. The Labute approximate surface area is 270 Å². The normalized spacial score (nSPS) is 14.4. The van der Waals surface area contributed by atoms with E-state index in [1.807, 2.05) is 12.1 Å². The van der Waals surface area contributed by atoms with Gasteiger partial charge in [-0.05, 0) is 71.8 Å². The lowest BCUT2D eigenvalue weighted by Gasteiger charge is -2.21. The van der Waals surface area contributed by atoms with E-state index in [9.17, 15) is 5.26 Å². The summed E-state index contributed by atoms with van der Waals surface area (Å²) in [4.78, 5) is 0. The minimum absolute atomic E-state index is 0.153. The molecule has 1 atom stereocenters. The third-order valence-electron chi connectivity index (χ3n) is 9.87. The zero-order valence-electron chi connectivity index (χ0n) is 25.4. The van der Waals surface area contributed by atoms with E-state index in [4.69, 9.17) is 4.42 Å². The van der Waals surface area contributed by atoms with Crippen molar-refractivity contribution in [1.82, 2.24) is 9.13 Å². The predicted octanol–water partition coefficient (Wildman–Crippen LogP) is 11.0. The molecular weight excluding hydrogens is 574 g/mol. The molecule has 4 heteroatoms. The van der Waals surface area contributed by atoms with Gasteiger partial charge in [0, 0.05) is 55.6 Å². The van der Waals surface area contributed by atoms with Crippen molar-refractivity contribution < 1.29 is 4.42 Å². The third-order valence-corrected chi connectivity index (χ3v) is 9.87. The number of hydrogen-bond acceptors (Lipinski definition) is 2. The van der Waals surface area contributed by atoms with E-state index in [-0.39, 0.29) is 6.04 Å². The highest BCUT2D eigenvalue weighted by Gasteiger charge is 2.24. The number of benzene rings is 6. The molecule has 0 radical (unpaired) electrons. The van der Waals surface area contributed by atoms with E-state index in [2.05, 4.69) is 149 Å². The molecule has 0 bridgehead atoms. The number of nitriles is 1. The van der Waals surface area contributed by atoms with Crippen LogP contribution in [0.5, 0.6) is 0 Å². The van der Waals surface area contributed by atoms with Crippen molar-refractivity contribution in [2.24, 2.45) is 0 Å².